The van der Waals surface area contributed by atoms with Gasteiger partial charge in [0.1, 0.15) is 17.7 Å². The Kier molecular flexibility index (Phi) is 7.44. The van der Waals surface area contributed by atoms with Crippen LogP contribution in [-0.2, 0) is 11.3 Å². The average Bonchev–Trinajstić information content (AvgIpc) is 3.36. The summed E-state index contributed by atoms with van der Waals surface area (Å²) in [6, 6.07) is 7.12. The molecule has 0 bridgehead atoms. The first-order valence-corrected chi connectivity index (χ1v) is 11.0. The van der Waals surface area contributed by atoms with Gasteiger partial charge in [-0.2, -0.15) is 10.2 Å². The quantitative estimate of drug-likeness (QED) is 0.399. The van der Waals surface area contributed by atoms with Gasteiger partial charge in [-0.15, -0.1) is 0 Å². The molecule has 33 heavy (non-hydrogen) atoms. The first-order chi connectivity index (χ1) is 15.7. The molecular formula is C25H30N6O2. The van der Waals surface area contributed by atoms with Gasteiger partial charge in [-0.3, -0.25) is 9.78 Å². The molecule has 8 heteroatoms. The monoisotopic (exact) mass is 446 g/mol. The maximum Gasteiger partial charge on any atom is 0.262 e. The van der Waals surface area contributed by atoms with Crippen LogP contribution in [0, 0.1) is 37.0 Å². The van der Waals surface area contributed by atoms with E-state index in [-0.39, 0.29) is 17.4 Å². The van der Waals surface area contributed by atoms with Crippen molar-refractivity contribution in [1.82, 2.24) is 25.0 Å². The van der Waals surface area contributed by atoms with Crippen LogP contribution in [0.5, 0.6) is 0 Å². The summed E-state index contributed by atoms with van der Waals surface area (Å²) >= 11 is 0. The molecule has 3 aromatic rings. The largest absolute Gasteiger partial charge is 0.348 e. The number of nitriles is 1. The lowest BCUT2D eigenvalue weighted by atomic mass is 10.0. The third kappa shape index (κ3) is 5.55. The third-order valence-corrected chi connectivity index (χ3v) is 5.41. The molecule has 0 aromatic carbocycles. The van der Waals surface area contributed by atoms with Crippen molar-refractivity contribution < 1.29 is 9.32 Å². The van der Waals surface area contributed by atoms with Gasteiger partial charge in [0.05, 0.1) is 0 Å². The van der Waals surface area contributed by atoms with Crippen LogP contribution in [0.1, 0.15) is 56.6 Å². The first-order valence-electron chi connectivity index (χ1n) is 11.0. The Morgan fingerprint density at radius 1 is 1.30 bits per heavy atom. The van der Waals surface area contributed by atoms with Crippen LogP contribution in [0.25, 0.3) is 17.5 Å². The van der Waals surface area contributed by atoms with Crippen LogP contribution in [0.3, 0.4) is 0 Å². The van der Waals surface area contributed by atoms with Gasteiger partial charge >= 0.3 is 0 Å². The van der Waals surface area contributed by atoms with E-state index in [0.29, 0.717) is 11.7 Å². The summed E-state index contributed by atoms with van der Waals surface area (Å²) in [5, 5.41) is 16.6. The number of pyridine rings is 1. The molecule has 0 aliphatic rings. The van der Waals surface area contributed by atoms with Crippen LogP contribution in [-0.4, -0.2) is 25.6 Å². The minimum atomic E-state index is -0.541. The number of nitrogens with one attached hydrogen (secondary N) is 1. The number of carbonyl (C=O) groups is 1. The molecule has 0 aliphatic carbocycles. The van der Waals surface area contributed by atoms with E-state index in [4.69, 9.17) is 4.52 Å². The molecule has 0 radical (unpaired) electrons. The smallest absolute Gasteiger partial charge is 0.262 e. The van der Waals surface area contributed by atoms with Crippen LogP contribution >= 0.6 is 0 Å². The minimum Gasteiger partial charge on any atom is -0.348 e. The van der Waals surface area contributed by atoms with E-state index in [1.807, 2.05) is 45.9 Å². The Morgan fingerprint density at radius 3 is 2.67 bits per heavy atom. The molecule has 0 spiro atoms. The van der Waals surface area contributed by atoms with Crippen molar-refractivity contribution in [1.29, 1.82) is 5.26 Å². The molecule has 3 aromatic heterocycles. The number of aryl methyl sites for hydroxylation is 1. The lowest BCUT2D eigenvalue weighted by Crippen LogP contribution is -2.32. The van der Waals surface area contributed by atoms with Gasteiger partial charge in [0.2, 0.25) is 11.7 Å². The topological polar surface area (TPSA) is 110 Å². The molecule has 8 nitrogen and oxygen atoms in total. The van der Waals surface area contributed by atoms with Gasteiger partial charge in [-0.05, 0) is 55.5 Å². The highest BCUT2D eigenvalue weighted by atomic mass is 16.5. The van der Waals surface area contributed by atoms with E-state index in [1.165, 1.54) is 0 Å². The van der Waals surface area contributed by atoms with Gasteiger partial charge < -0.3 is 14.4 Å². The lowest BCUT2D eigenvalue weighted by molar-refractivity contribution is -0.118. The maximum absolute atomic E-state index is 13.0. The molecule has 1 unspecified atom stereocenters. The highest BCUT2D eigenvalue weighted by molar-refractivity contribution is 6.02. The standard InChI is InChI=1S/C25H30N6O2/c1-15(2)14-31-17(5)10-20(18(31)6)11-21(12-26)24(32)28-22(16(3)4)25-29-23(30-33-25)19-8-7-9-27-13-19/h7-11,13,15-16,22H,14H2,1-6H3,(H,28,32)/b21-11-. The van der Waals surface area contributed by atoms with Crippen molar-refractivity contribution in [2.45, 2.75) is 54.1 Å². The molecule has 3 heterocycles. The van der Waals surface area contributed by atoms with E-state index in [0.717, 1.165) is 29.1 Å². The van der Waals surface area contributed by atoms with Crippen molar-refractivity contribution in [2.24, 2.45) is 11.8 Å². The van der Waals surface area contributed by atoms with E-state index in [2.05, 4.69) is 38.9 Å². The summed E-state index contributed by atoms with van der Waals surface area (Å²) in [4.78, 5) is 21.5. The number of hydrogen-bond donors (Lipinski definition) is 1. The summed E-state index contributed by atoms with van der Waals surface area (Å²) < 4.78 is 7.65. The van der Waals surface area contributed by atoms with Crippen molar-refractivity contribution in [3.05, 3.63) is 59.0 Å². The number of aromatic nitrogens is 4. The fraction of sp³-hybridized carbons (Fsp3) is 0.400. The molecule has 0 saturated heterocycles. The summed E-state index contributed by atoms with van der Waals surface area (Å²) in [5.74, 6) is 0.651. The fourth-order valence-electron chi connectivity index (χ4n) is 3.63. The Balaban J connectivity index is 1.84. The van der Waals surface area contributed by atoms with Crippen molar-refractivity contribution >= 4 is 12.0 Å². The van der Waals surface area contributed by atoms with Crippen LogP contribution in [0.4, 0.5) is 0 Å². The van der Waals surface area contributed by atoms with E-state index >= 15 is 0 Å². The molecule has 0 saturated carbocycles. The van der Waals surface area contributed by atoms with E-state index in [9.17, 15) is 10.1 Å². The molecule has 0 aliphatic heterocycles. The number of rotatable bonds is 8. The number of nitrogens with zero attached hydrogens (tertiary/aromatic N) is 5. The zero-order valence-electron chi connectivity index (χ0n) is 20.0. The maximum atomic E-state index is 13.0. The molecule has 1 N–H and O–H groups in total. The Hall–Kier alpha value is -3.73. The van der Waals surface area contributed by atoms with E-state index in [1.54, 1.807) is 24.5 Å². The lowest BCUT2D eigenvalue weighted by Gasteiger charge is -2.18. The average molecular weight is 447 g/mol. The van der Waals surface area contributed by atoms with Gasteiger partial charge in [0.25, 0.3) is 5.91 Å². The van der Waals surface area contributed by atoms with Gasteiger partial charge in [-0.25, -0.2) is 0 Å². The fourth-order valence-corrected chi connectivity index (χ4v) is 3.63. The number of carbonyl (C=O) groups excluding carboxylic acids is 1. The van der Waals surface area contributed by atoms with Crippen molar-refractivity contribution in [3.8, 4) is 17.5 Å². The van der Waals surface area contributed by atoms with Crippen molar-refractivity contribution in [3.63, 3.8) is 0 Å². The molecular weight excluding hydrogens is 416 g/mol. The zero-order valence-corrected chi connectivity index (χ0v) is 20.0. The molecule has 1 atom stereocenters. The zero-order chi connectivity index (χ0) is 24.1. The Labute approximate surface area is 194 Å². The predicted molar refractivity (Wildman–Crippen MR) is 126 cm³/mol. The Morgan fingerprint density at radius 2 is 2.06 bits per heavy atom. The SMILES string of the molecule is Cc1cc(/C=C(/C#N)C(=O)NC(c2nc(-c3cccnc3)no2)C(C)C)c(C)n1CC(C)C. The van der Waals surface area contributed by atoms with E-state index < -0.39 is 11.9 Å². The summed E-state index contributed by atoms with van der Waals surface area (Å²) in [5.41, 5.74) is 3.73. The molecule has 172 valence electrons. The van der Waals surface area contributed by atoms with Crippen LogP contribution in [0.15, 0.2) is 40.7 Å². The third-order valence-electron chi connectivity index (χ3n) is 5.41. The summed E-state index contributed by atoms with van der Waals surface area (Å²) in [6.45, 7) is 13.1. The summed E-state index contributed by atoms with van der Waals surface area (Å²) in [6.07, 6.45) is 4.95. The number of hydrogen-bond acceptors (Lipinski definition) is 6. The van der Waals surface area contributed by atoms with Gasteiger partial charge in [0, 0.05) is 35.9 Å². The highest BCUT2D eigenvalue weighted by Crippen LogP contribution is 2.24. The first kappa shape index (κ1) is 23.9. The van der Waals surface area contributed by atoms with Crippen molar-refractivity contribution in [2.75, 3.05) is 0 Å². The normalized spacial score (nSPS) is 12.8. The molecule has 3 rings (SSSR count). The molecule has 1 amide bonds. The molecule has 0 fully saturated rings. The second kappa shape index (κ2) is 10.3. The minimum absolute atomic E-state index is 0.0254. The number of amides is 1. The van der Waals surface area contributed by atoms with Crippen LogP contribution in [0.2, 0.25) is 0 Å². The predicted octanol–water partition coefficient (Wildman–Crippen LogP) is 4.63. The van der Waals surface area contributed by atoms with Gasteiger partial charge in [0.15, 0.2) is 0 Å². The highest BCUT2D eigenvalue weighted by Gasteiger charge is 2.26. The van der Waals surface area contributed by atoms with Gasteiger partial charge in [-0.1, -0.05) is 32.9 Å². The Bertz CT molecular complexity index is 1180. The second-order valence-electron chi connectivity index (χ2n) is 8.89. The summed E-state index contributed by atoms with van der Waals surface area (Å²) in [7, 11) is 0. The van der Waals surface area contributed by atoms with Crippen LogP contribution < -0.4 is 5.32 Å². The second-order valence-corrected chi connectivity index (χ2v) is 8.89.